The molecule has 190 valence electrons. The number of benzene rings is 2. The van der Waals surface area contributed by atoms with E-state index in [4.69, 9.17) is 4.74 Å². The average Bonchev–Trinajstić information content (AvgIpc) is 2.80. The number of carbonyl (C=O) groups excluding carboxylic acids is 3. The summed E-state index contributed by atoms with van der Waals surface area (Å²) in [6, 6.07) is 13.9. The van der Waals surface area contributed by atoms with Crippen molar-refractivity contribution >= 4 is 17.9 Å². The van der Waals surface area contributed by atoms with Gasteiger partial charge in [-0.25, -0.2) is 4.79 Å². The normalized spacial score (nSPS) is 12.8. The Kier molecular flexibility index (Phi) is 10.1. The number of ether oxygens (including phenoxy) is 1. The van der Waals surface area contributed by atoms with Crippen molar-refractivity contribution in [3.8, 4) is 5.75 Å². The number of hydrogen-bond acceptors (Lipinski definition) is 5. The summed E-state index contributed by atoms with van der Waals surface area (Å²) in [5.74, 6) is -0.967. The lowest BCUT2D eigenvalue weighted by Crippen LogP contribution is -2.52. The van der Waals surface area contributed by atoms with Crippen LogP contribution in [-0.2, 0) is 20.9 Å². The molecule has 0 spiro atoms. The SMILES string of the molecule is CCCCN(C(=O)C(C)NC(=O)OC(C)(C)C)C(C(=O)NCc1ccccc1)c1ccccc1O. The van der Waals surface area contributed by atoms with E-state index >= 15 is 0 Å². The number of phenols is 1. The highest BCUT2D eigenvalue weighted by atomic mass is 16.6. The van der Waals surface area contributed by atoms with Gasteiger partial charge in [0.2, 0.25) is 11.8 Å². The Morgan fingerprint density at radius 3 is 2.26 bits per heavy atom. The zero-order valence-electron chi connectivity index (χ0n) is 21.2. The molecule has 2 rings (SSSR count). The Balaban J connectivity index is 2.35. The van der Waals surface area contributed by atoms with Gasteiger partial charge < -0.3 is 25.4 Å². The number of phenolic OH excluding ortho intramolecular Hbond substituents is 1. The molecule has 0 saturated carbocycles. The Morgan fingerprint density at radius 2 is 1.66 bits per heavy atom. The van der Waals surface area contributed by atoms with E-state index < -0.39 is 35.6 Å². The molecule has 2 unspecified atom stereocenters. The summed E-state index contributed by atoms with van der Waals surface area (Å²) >= 11 is 0. The van der Waals surface area contributed by atoms with Gasteiger partial charge in [-0.1, -0.05) is 61.9 Å². The molecular weight excluding hydrogens is 446 g/mol. The van der Waals surface area contributed by atoms with Crippen molar-refractivity contribution < 1.29 is 24.2 Å². The topological polar surface area (TPSA) is 108 Å². The largest absolute Gasteiger partial charge is 0.508 e. The highest BCUT2D eigenvalue weighted by Gasteiger charge is 2.35. The van der Waals surface area contributed by atoms with E-state index in [1.807, 2.05) is 37.3 Å². The lowest BCUT2D eigenvalue weighted by molar-refractivity contribution is -0.142. The first kappa shape index (κ1) is 27.7. The van der Waals surface area contributed by atoms with Gasteiger partial charge in [0.05, 0.1) is 0 Å². The summed E-state index contributed by atoms with van der Waals surface area (Å²) in [4.78, 5) is 40.7. The molecule has 3 N–H and O–H groups in total. The molecule has 35 heavy (non-hydrogen) atoms. The number of nitrogens with zero attached hydrogens (tertiary/aromatic N) is 1. The van der Waals surface area contributed by atoms with Gasteiger partial charge in [-0.05, 0) is 45.7 Å². The zero-order chi connectivity index (χ0) is 26.0. The van der Waals surface area contributed by atoms with Crippen LogP contribution in [0.3, 0.4) is 0 Å². The molecule has 0 saturated heterocycles. The molecule has 3 amide bonds. The van der Waals surface area contributed by atoms with Gasteiger partial charge in [-0.15, -0.1) is 0 Å². The fourth-order valence-corrected chi connectivity index (χ4v) is 3.54. The maximum Gasteiger partial charge on any atom is 0.408 e. The summed E-state index contributed by atoms with van der Waals surface area (Å²) in [6.45, 7) is 9.27. The zero-order valence-corrected chi connectivity index (χ0v) is 21.2. The Morgan fingerprint density at radius 1 is 1.03 bits per heavy atom. The van der Waals surface area contributed by atoms with Crippen LogP contribution in [0.2, 0.25) is 0 Å². The molecule has 0 aromatic heterocycles. The van der Waals surface area contributed by atoms with Crippen LogP contribution in [-0.4, -0.2) is 46.1 Å². The van der Waals surface area contributed by atoms with E-state index in [-0.39, 0.29) is 18.8 Å². The number of para-hydroxylation sites is 1. The van der Waals surface area contributed by atoms with Crippen LogP contribution in [0.15, 0.2) is 54.6 Å². The lowest BCUT2D eigenvalue weighted by Gasteiger charge is -2.34. The second-order valence-electron chi connectivity index (χ2n) is 9.42. The first-order valence-corrected chi connectivity index (χ1v) is 11.9. The van der Waals surface area contributed by atoms with Gasteiger partial charge in [0, 0.05) is 18.7 Å². The van der Waals surface area contributed by atoms with Crippen molar-refractivity contribution in [1.82, 2.24) is 15.5 Å². The second kappa shape index (κ2) is 12.8. The van der Waals surface area contributed by atoms with Crippen LogP contribution in [0.25, 0.3) is 0 Å². The minimum atomic E-state index is -1.08. The summed E-state index contributed by atoms with van der Waals surface area (Å²) < 4.78 is 5.28. The minimum absolute atomic E-state index is 0.0885. The van der Waals surface area contributed by atoms with Gasteiger partial charge >= 0.3 is 6.09 Å². The number of unbranched alkanes of at least 4 members (excludes halogenated alkanes) is 1. The van der Waals surface area contributed by atoms with Gasteiger partial charge in [0.15, 0.2) is 0 Å². The van der Waals surface area contributed by atoms with E-state index in [2.05, 4.69) is 10.6 Å². The fraction of sp³-hybridized carbons (Fsp3) is 0.444. The number of hydrogen-bond donors (Lipinski definition) is 3. The average molecular weight is 484 g/mol. The van der Waals surface area contributed by atoms with Gasteiger partial charge in [-0.2, -0.15) is 0 Å². The molecule has 0 radical (unpaired) electrons. The van der Waals surface area contributed by atoms with Crippen molar-refractivity contribution in [2.45, 2.75) is 71.7 Å². The van der Waals surface area contributed by atoms with Gasteiger partial charge in [0.1, 0.15) is 23.4 Å². The lowest BCUT2D eigenvalue weighted by atomic mass is 10.0. The molecule has 0 bridgehead atoms. The Hall–Kier alpha value is -3.55. The molecule has 0 fully saturated rings. The molecule has 2 atom stereocenters. The summed E-state index contributed by atoms with van der Waals surface area (Å²) in [5.41, 5.74) is 0.500. The number of amides is 3. The van der Waals surface area contributed by atoms with E-state index in [1.165, 1.54) is 11.0 Å². The Bertz CT molecular complexity index is 988. The van der Waals surface area contributed by atoms with E-state index in [0.29, 0.717) is 12.0 Å². The number of carbonyl (C=O) groups is 3. The molecule has 0 aliphatic heterocycles. The quantitative estimate of drug-likeness (QED) is 0.467. The van der Waals surface area contributed by atoms with Crippen LogP contribution >= 0.6 is 0 Å². The minimum Gasteiger partial charge on any atom is -0.508 e. The second-order valence-corrected chi connectivity index (χ2v) is 9.42. The predicted molar refractivity (Wildman–Crippen MR) is 135 cm³/mol. The summed E-state index contributed by atoms with van der Waals surface area (Å²) in [5, 5.41) is 16.0. The molecule has 0 heterocycles. The van der Waals surface area contributed by atoms with E-state index in [0.717, 1.165) is 12.0 Å². The summed E-state index contributed by atoms with van der Waals surface area (Å²) in [7, 11) is 0. The van der Waals surface area contributed by atoms with Crippen LogP contribution in [0.4, 0.5) is 4.79 Å². The number of rotatable bonds is 10. The molecule has 0 aliphatic rings. The standard InChI is InChI=1S/C27H37N3O5/c1-6-7-17-30(25(33)19(2)29-26(34)35-27(3,4)5)23(21-15-11-12-16-22(21)31)24(32)28-18-20-13-9-8-10-14-20/h8-16,19,23,31H,6-7,17-18H2,1-5H3,(H,28,32)(H,29,34). The maximum absolute atomic E-state index is 13.5. The van der Waals surface area contributed by atoms with Crippen molar-refractivity contribution in [1.29, 1.82) is 0 Å². The van der Waals surface area contributed by atoms with E-state index in [1.54, 1.807) is 45.9 Å². The molecule has 0 aliphatic carbocycles. The molecule has 2 aromatic rings. The first-order valence-electron chi connectivity index (χ1n) is 11.9. The third kappa shape index (κ3) is 8.63. The van der Waals surface area contributed by atoms with Crippen LogP contribution in [0.1, 0.15) is 64.6 Å². The fourth-order valence-electron chi connectivity index (χ4n) is 3.54. The van der Waals surface area contributed by atoms with Gasteiger partial charge in [0.25, 0.3) is 0 Å². The van der Waals surface area contributed by atoms with Crippen molar-refractivity contribution in [2.75, 3.05) is 6.54 Å². The first-order chi connectivity index (χ1) is 16.5. The van der Waals surface area contributed by atoms with Crippen molar-refractivity contribution in [2.24, 2.45) is 0 Å². The van der Waals surface area contributed by atoms with Gasteiger partial charge in [-0.3, -0.25) is 9.59 Å². The van der Waals surface area contributed by atoms with Crippen molar-refractivity contribution in [3.63, 3.8) is 0 Å². The Labute approximate surface area is 207 Å². The number of alkyl carbamates (subject to hydrolysis) is 1. The molecule has 8 heteroatoms. The maximum atomic E-state index is 13.5. The third-order valence-corrected chi connectivity index (χ3v) is 5.24. The molecule has 2 aromatic carbocycles. The van der Waals surface area contributed by atoms with Crippen LogP contribution in [0.5, 0.6) is 5.75 Å². The molecular formula is C27H37N3O5. The highest BCUT2D eigenvalue weighted by molar-refractivity contribution is 5.92. The third-order valence-electron chi connectivity index (χ3n) is 5.24. The van der Waals surface area contributed by atoms with Crippen molar-refractivity contribution in [3.05, 3.63) is 65.7 Å². The summed E-state index contributed by atoms with van der Waals surface area (Å²) in [6.07, 6.45) is 0.707. The van der Waals surface area contributed by atoms with E-state index in [9.17, 15) is 19.5 Å². The smallest absolute Gasteiger partial charge is 0.408 e. The number of nitrogens with one attached hydrogen (secondary N) is 2. The monoisotopic (exact) mass is 483 g/mol. The molecule has 8 nitrogen and oxygen atoms in total. The van der Waals surface area contributed by atoms with Crippen LogP contribution < -0.4 is 10.6 Å². The van der Waals surface area contributed by atoms with Crippen LogP contribution in [0, 0.1) is 0 Å². The highest BCUT2D eigenvalue weighted by Crippen LogP contribution is 2.30. The number of aromatic hydroxyl groups is 1. The predicted octanol–water partition coefficient (Wildman–Crippen LogP) is 4.29.